The lowest BCUT2D eigenvalue weighted by molar-refractivity contribution is 0.0953. The predicted octanol–water partition coefficient (Wildman–Crippen LogP) is 1.83. The molecule has 2 amide bonds. The fraction of sp³-hybridized carbons (Fsp3) is 0.429. The Labute approximate surface area is 118 Å². The second-order valence-corrected chi connectivity index (χ2v) is 4.52. The molecule has 6 heteroatoms. The number of hydrogen-bond donors (Lipinski definition) is 4. The first kappa shape index (κ1) is 15.8. The maximum Gasteiger partial charge on any atom is 0.404 e. The summed E-state index contributed by atoms with van der Waals surface area (Å²) in [5, 5.41) is 13.5. The number of nitrogens with two attached hydrogens (primary N) is 1. The highest BCUT2D eigenvalue weighted by atomic mass is 16.4. The van der Waals surface area contributed by atoms with Gasteiger partial charge in [-0.2, -0.15) is 0 Å². The number of hydrogen-bond acceptors (Lipinski definition) is 3. The fourth-order valence-electron chi connectivity index (χ4n) is 1.74. The summed E-state index contributed by atoms with van der Waals surface area (Å²) in [7, 11) is 0. The molecule has 0 unspecified atom stereocenters. The second-order valence-electron chi connectivity index (χ2n) is 4.52. The minimum atomic E-state index is -0.985. The minimum absolute atomic E-state index is 0.0995. The van der Waals surface area contributed by atoms with Crippen LogP contribution in [-0.2, 0) is 0 Å². The Hall–Kier alpha value is -2.24. The molecule has 0 fully saturated rings. The Morgan fingerprint density at radius 1 is 0.950 bits per heavy atom. The number of amides is 2. The number of carbonyl (C=O) groups is 2. The summed E-state index contributed by atoms with van der Waals surface area (Å²) < 4.78 is 0. The first-order chi connectivity index (χ1) is 9.59. The van der Waals surface area contributed by atoms with E-state index in [9.17, 15) is 9.59 Å². The minimum Gasteiger partial charge on any atom is -0.465 e. The molecule has 0 radical (unpaired) electrons. The molecule has 0 heterocycles. The number of carboxylic acid groups (broad SMARTS) is 1. The Bertz CT molecular complexity index is 432. The molecule has 0 aliphatic carbocycles. The third kappa shape index (κ3) is 6.63. The van der Waals surface area contributed by atoms with Crippen molar-refractivity contribution in [3.05, 3.63) is 29.8 Å². The van der Waals surface area contributed by atoms with Gasteiger partial charge in [0.05, 0.1) is 0 Å². The molecule has 0 saturated carbocycles. The summed E-state index contributed by atoms with van der Waals surface area (Å²) in [5.74, 6) is -0.0995. The molecule has 0 aliphatic heterocycles. The van der Waals surface area contributed by atoms with Crippen LogP contribution < -0.4 is 16.4 Å². The van der Waals surface area contributed by atoms with Crippen molar-refractivity contribution in [1.82, 2.24) is 10.6 Å². The highest BCUT2D eigenvalue weighted by Crippen LogP contribution is 2.05. The van der Waals surface area contributed by atoms with Gasteiger partial charge in [0.15, 0.2) is 0 Å². The van der Waals surface area contributed by atoms with E-state index in [0.29, 0.717) is 24.3 Å². The number of unbranched alkanes of at least 4 members (excludes halogenated alkanes) is 3. The van der Waals surface area contributed by atoms with E-state index in [4.69, 9.17) is 10.8 Å². The summed E-state index contributed by atoms with van der Waals surface area (Å²) in [6.45, 7) is 1.10. The van der Waals surface area contributed by atoms with Crippen molar-refractivity contribution in [3.63, 3.8) is 0 Å². The Morgan fingerprint density at radius 2 is 1.50 bits per heavy atom. The molecule has 1 aromatic rings. The van der Waals surface area contributed by atoms with Crippen LogP contribution in [0, 0.1) is 0 Å². The van der Waals surface area contributed by atoms with Crippen LogP contribution in [0.25, 0.3) is 0 Å². The molecule has 0 atom stereocenters. The van der Waals surface area contributed by atoms with E-state index in [1.165, 1.54) is 0 Å². The molecule has 0 bridgehead atoms. The first-order valence-electron chi connectivity index (χ1n) is 6.70. The Kier molecular flexibility index (Phi) is 6.95. The van der Waals surface area contributed by atoms with Crippen LogP contribution in [0.4, 0.5) is 10.5 Å². The number of carbonyl (C=O) groups excluding carboxylic acids is 1. The zero-order valence-corrected chi connectivity index (χ0v) is 11.4. The standard InChI is InChI=1S/C14H21N3O3/c15-12-7-5-11(6-8-12)13(18)16-9-3-1-2-4-10-17-14(19)20/h5-8,17H,1-4,9-10,15H2,(H,16,18)(H,19,20). The quantitative estimate of drug-likeness (QED) is 0.430. The predicted molar refractivity (Wildman–Crippen MR) is 77.7 cm³/mol. The van der Waals surface area contributed by atoms with E-state index < -0.39 is 6.09 Å². The van der Waals surface area contributed by atoms with E-state index >= 15 is 0 Å². The van der Waals surface area contributed by atoms with Crippen LogP contribution in [0.1, 0.15) is 36.0 Å². The second kappa shape index (κ2) is 8.79. The largest absolute Gasteiger partial charge is 0.465 e. The molecule has 1 rings (SSSR count). The number of rotatable bonds is 8. The molecular formula is C14H21N3O3. The van der Waals surface area contributed by atoms with Gasteiger partial charge < -0.3 is 21.5 Å². The molecular weight excluding hydrogens is 258 g/mol. The average Bonchev–Trinajstić information content (AvgIpc) is 2.42. The van der Waals surface area contributed by atoms with Gasteiger partial charge in [0.2, 0.25) is 0 Å². The third-order valence-electron chi connectivity index (χ3n) is 2.84. The van der Waals surface area contributed by atoms with Crippen molar-refractivity contribution in [1.29, 1.82) is 0 Å². The molecule has 6 nitrogen and oxygen atoms in total. The van der Waals surface area contributed by atoms with Crippen molar-refractivity contribution in [2.45, 2.75) is 25.7 Å². The SMILES string of the molecule is Nc1ccc(C(=O)NCCCCCCNC(=O)O)cc1. The number of nitrogens with one attached hydrogen (secondary N) is 2. The Morgan fingerprint density at radius 3 is 2.05 bits per heavy atom. The Balaban J connectivity index is 2.05. The van der Waals surface area contributed by atoms with Crippen LogP contribution in [0.3, 0.4) is 0 Å². The van der Waals surface area contributed by atoms with Crippen LogP contribution in [-0.4, -0.2) is 30.2 Å². The highest BCUT2D eigenvalue weighted by Gasteiger charge is 2.03. The lowest BCUT2D eigenvalue weighted by atomic mass is 10.1. The van der Waals surface area contributed by atoms with E-state index in [1.807, 2.05) is 0 Å². The smallest absolute Gasteiger partial charge is 0.404 e. The van der Waals surface area contributed by atoms with Gasteiger partial charge >= 0.3 is 6.09 Å². The fourth-order valence-corrected chi connectivity index (χ4v) is 1.74. The molecule has 0 saturated heterocycles. The van der Waals surface area contributed by atoms with Gasteiger partial charge in [-0.15, -0.1) is 0 Å². The van der Waals surface area contributed by atoms with Gasteiger partial charge in [0.1, 0.15) is 0 Å². The molecule has 110 valence electrons. The number of anilines is 1. The van der Waals surface area contributed by atoms with Crippen LogP contribution >= 0.6 is 0 Å². The molecule has 20 heavy (non-hydrogen) atoms. The van der Waals surface area contributed by atoms with E-state index in [-0.39, 0.29) is 5.91 Å². The van der Waals surface area contributed by atoms with E-state index in [1.54, 1.807) is 24.3 Å². The number of benzene rings is 1. The molecule has 0 aromatic heterocycles. The van der Waals surface area contributed by atoms with Crippen LogP contribution in [0.2, 0.25) is 0 Å². The molecule has 5 N–H and O–H groups in total. The van der Waals surface area contributed by atoms with Gasteiger partial charge in [0, 0.05) is 24.3 Å². The van der Waals surface area contributed by atoms with Crippen LogP contribution in [0.5, 0.6) is 0 Å². The van der Waals surface area contributed by atoms with E-state index in [2.05, 4.69) is 10.6 Å². The molecule has 0 aliphatic rings. The van der Waals surface area contributed by atoms with Crippen molar-refractivity contribution in [3.8, 4) is 0 Å². The van der Waals surface area contributed by atoms with Gasteiger partial charge in [-0.3, -0.25) is 4.79 Å². The lowest BCUT2D eigenvalue weighted by Gasteiger charge is -2.05. The lowest BCUT2D eigenvalue weighted by Crippen LogP contribution is -2.24. The summed E-state index contributed by atoms with van der Waals surface area (Å²) >= 11 is 0. The summed E-state index contributed by atoms with van der Waals surface area (Å²) in [4.78, 5) is 21.9. The van der Waals surface area contributed by atoms with Crippen LogP contribution in [0.15, 0.2) is 24.3 Å². The van der Waals surface area contributed by atoms with Crippen molar-refractivity contribution in [2.75, 3.05) is 18.8 Å². The van der Waals surface area contributed by atoms with Crippen molar-refractivity contribution >= 4 is 17.7 Å². The topological polar surface area (TPSA) is 104 Å². The summed E-state index contributed by atoms with van der Waals surface area (Å²) in [6.07, 6.45) is 2.62. The maximum absolute atomic E-state index is 11.7. The van der Waals surface area contributed by atoms with Gasteiger partial charge in [-0.25, -0.2) is 4.79 Å². The van der Waals surface area contributed by atoms with Gasteiger partial charge in [-0.05, 0) is 37.1 Å². The number of nitrogen functional groups attached to an aromatic ring is 1. The maximum atomic E-state index is 11.7. The molecule has 1 aromatic carbocycles. The third-order valence-corrected chi connectivity index (χ3v) is 2.84. The normalized spacial score (nSPS) is 10.0. The zero-order chi connectivity index (χ0) is 14.8. The van der Waals surface area contributed by atoms with Crippen molar-refractivity contribution < 1.29 is 14.7 Å². The molecule has 0 spiro atoms. The van der Waals surface area contributed by atoms with Crippen molar-refractivity contribution in [2.24, 2.45) is 0 Å². The highest BCUT2D eigenvalue weighted by molar-refractivity contribution is 5.94. The summed E-state index contributed by atoms with van der Waals surface area (Å²) in [6, 6.07) is 6.79. The van der Waals surface area contributed by atoms with Gasteiger partial charge in [0.25, 0.3) is 5.91 Å². The summed E-state index contributed by atoms with van der Waals surface area (Å²) in [5.41, 5.74) is 6.79. The first-order valence-corrected chi connectivity index (χ1v) is 6.70. The zero-order valence-electron chi connectivity index (χ0n) is 11.4. The van der Waals surface area contributed by atoms with E-state index in [0.717, 1.165) is 25.7 Å². The monoisotopic (exact) mass is 279 g/mol. The van der Waals surface area contributed by atoms with Gasteiger partial charge in [-0.1, -0.05) is 12.8 Å². The average molecular weight is 279 g/mol.